The maximum absolute atomic E-state index is 12.5. The summed E-state index contributed by atoms with van der Waals surface area (Å²) in [5, 5.41) is 12.8. The van der Waals surface area contributed by atoms with Gasteiger partial charge in [0, 0.05) is 11.5 Å². The molecular weight excluding hydrogens is 185 g/mol. The Kier molecular flexibility index (Phi) is 3.91. The lowest BCUT2D eigenvalue weighted by Gasteiger charge is -2.08. The highest BCUT2D eigenvalue weighted by molar-refractivity contribution is 5.18. The van der Waals surface area contributed by atoms with E-state index in [0.29, 0.717) is 12.0 Å². The van der Waals surface area contributed by atoms with Crippen molar-refractivity contribution in [3.8, 4) is 0 Å². The van der Waals surface area contributed by atoms with Crippen LogP contribution in [0.25, 0.3) is 10.4 Å². The molecule has 1 aromatic carbocycles. The molecule has 0 fully saturated rings. The first kappa shape index (κ1) is 10.5. The summed E-state index contributed by atoms with van der Waals surface area (Å²) < 4.78 is 12.5. The first-order valence-electron chi connectivity index (χ1n) is 4.18. The van der Waals surface area contributed by atoms with E-state index >= 15 is 0 Å². The first-order valence-corrected chi connectivity index (χ1v) is 4.18. The van der Waals surface area contributed by atoms with E-state index in [9.17, 15) is 9.50 Å². The minimum Gasteiger partial charge on any atom is -0.388 e. The summed E-state index contributed by atoms with van der Waals surface area (Å²) in [4.78, 5) is 2.57. The summed E-state index contributed by atoms with van der Waals surface area (Å²) in [6.07, 6.45) is -0.364. The average Bonchev–Trinajstić information content (AvgIpc) is 2.19. The fourth-order valence-corrected chi connectivity index (χ4v) is 1.08. The van der Waals surface area contributed by atoms with Crippen LogP contribution in [0, 0.1) is 5.82 Å². The number of benzene rings is 1. The molecule has 74 valence electrons. The Morgan fingerprint density at radius 2 is 2.07 bits per heavy atom. The Bertz CT molecular complexity index is 332. The van der Waals surface area contributed by atoms with Crippen molar-refractivity contribution in [2.24, 2.45) is 5.11 Å². The van der Waals surface area contributed by atoms with Crippen molar-refractivity contribution in [1.29, 1.82) is 0 Å². The summed E-state index contributed by atoms with van der Waals surface area (Å²) in [6.45, 7) is 0.231. The van der Waals surface area contributed by atoms with E-state index in [4.69, 9.17) is 5.53 Å². The normalized spacial score (nSPS) is 11.9. The summed E-state index contributed by atoms with van der Waals surface area (Å²) in [7, 11) is 0. The summed E-state index contributed by atoms with van der Waals surface area (Å²) >= 11 is 0. The lowest BCUT2D eigenvalue weighted by molar-refractivity contribution is 0.170. The van der Waals surface area contributed by atoms with Gasteiger partial charge in [0.15, 0.2) is 0 Å². The molecule has 5 heteroatoms. The molecule has 0 aliphatic rings. The van der Waals surface area contributed by atoms with Gasteiger partial charge < -0.3 is 5.11 Å². The number of aliphatic hydroxyl groups is 1. The van der Waals surface area contributed by atoms with Crippen LogP contribution in [0.4, 0.5) is 4.39 Å². The molecule has 0 saturated carbocycles. The van der Waals surface area contributed by atoms with Gasteiger partial charge in [-0.1, -0.05) is 17.2 Å². The van der Waals surface area contributed by atoms with E-state index < -0.39 is 6.10 Å². The quantitative estimate of drug-likeness (QED) is 0.447. The topological polar surface area (TPSA) is 69.0 Å². The standard InChI is InChI=1S/C9H10FN3O/c10-8-3-1-7(2-4-8)9(14)5-6-12-13-11/h1-4,9,14H,5-6H2. The molecule has 1 rings (SSSR count). The largest absolute Gasteiger partial charge is 0.388 e. The third kappa shape index (κ3) is 3.05. The summed E-state index contributed by atoms with van der Waals surface area (Å²) in [5.74, 6) is -0.337. The maximum atomic E-state index is 12.5. The zero-order valence-electron chi connectivity index (χ0n) is 7.47. The molecule has 0 heterocycles. The van der Waals surface area contributed by atoms with Gasteiger partial charge in [-0.05, 0) is 29.6 Å². The van der Waals surface area contributed by atoms with Crippen molar-refractivity contribution in [3.05, 3.63) is 46.1 Å². The predicted molar refractivity (Wildman–Crippen MR) is 50.0 cm³/mol. The molecule has 0 aromatic heterocycles. The second-order valence-electron chi connectivity index (χ2n) is 2.81. The number of aliphatic hydroxyl groups excluding tert-OH is 1. The second kappa shape index (κ2) is 5.21. The third-order valence-electron chi connectivity index (χ3n) is 1.82. The van der Waals surface area contributed by atoms with Crippen molar-refractivity contribution >= 4 is 0 Å². The van der Waals surface area contributed by atoms with Crippen LogP contribution in [0.3, 0.4) is 0 Å². The van der Waals surface area contributed by atoms with E-state index in [1.807, 2.05) is 0 Å². The summed E-state index contributed by atoms with van der Waals surface area (Å²) in [6, 6.07) is 5.59. The van der Waals surface area contributed by atoms with Crippen LogP contribution in [0.2, 0.25) is 0 Å². The van der Waals surface area contributed by atoms with Crippen LogP contribution in [0.1, 0.15) is 18.1 Å². The van der Waals surface area contributed by atoms with E-state index in [0.717, 1.165) is 0 Å². The number of hydrogen-bond donors (Lipinski definition) is 1. The Labute approximate surface area is 80.6 Å². The van der Waals surface area contributed by atoms with Crippen LogP contribution >= 0.6 is 0 Å². The van der Waals surface area contributed by atoms with Gasteiger partial charge in [0.25, 0.3) is 0 Å². The molecule has 1 aromatic rings. The number of hydrogen-bond acceptors (Lipinski definition) is 2. The Hall–Kier alpha value is -1.58. The molecule has 1 unspecified atom stereocenters. The Morgan fingerprint density at radius 1 is 1.43 bits per heavy atom. The SMILES string of the molecule is [N-]=[N+]=NCCC(O)c1ccc(F)cc1. The van der Waals surface area contributed by atoms with Crippen LogP contribution in [0.5, 0.6) is 0 Å². The average molecular weight is 195 g/mol. The monoisotopic (exact) mass is 195 g/mol. The van der Waals surface area contributed by atoms with Gasteiger partial charge in [-0.2, -0.15) is 0 Å². The first-order chi connectivity index (χ1) is 6.74. The lowest BCUT2D eigenvalue weighted by atomic mass is 10.1. The molecule has 0 spiro atoms. The van der Waals surface area contributed by atoms with Crippen molar-refractivity contribution < 1.29 is 9.50 Å². The van der Waals surface area contributed by atoms with Crippen LogP contribution < -0.4 is 0 Å². The van der Waals surface area contributed by atoms with Gasteiger partial charge in [-0.15, -0.1) is 0 Å². The van der Waals surface area contributed by atoms with Crippen molar-refractivity contribution in [2.75, 3.05) is 6.54 Å². The van der Waals surface area contributed by atoms with E-state index in [-0.39, 0.29) is 12.4 Å². The highest BCUT2D eigenvalue weighted by Crippen LogP contribution is 2.16. The Balaban J connectivity index is 2.55. The molecular formula is C9H10FN3O. The Morgan fingerprint density at radius 3 is 2.64 bits per heavy atom. The molecule has 0 aliphatic carbocycles. The summed E-state index contributed by atoms with van der Waals surface area (Å²) in [5.41, 5.74) is 8.64. The van der Waals surface area contributed by atoms with Gasteiger partial charge >= 0.3 is 0 Å². The number of halogens is 1. The number of nitrogens with zero attached hydrogens (tertiary/aromatic N) is 3. The van der Waals surface area contributed by atoms with E-state index in [2.05, 4.69) is 10.0 Å². The highest BCUT2D eigenvalue weighted by atomic mass is 19.1. The predicted octanol–water partition coefficient (Wildman–Crippen LogP) is 2.56. The third-order valence-corrected chi connectivity index (χ3v) is 1.82. The molecule has 0 radical (unpaired) electrons. The van der Waals surface area contributed by atoms with Crippen LogP contribution in [-0.2, 0) is 0 Å². The molecule has 14 heavy (non-hydrogen) atoms. The van der Waals surface area contributed by atoms with Gasteiger partial charge in [0.1, 0.15) is 5.82 Å². The molecule has 1 N–H and O–H groups in total. The zero-order valence-corrected chi connectivity index (χ0v) is 7.47. The zero-order chi connectivity index (χ0) is 10.4. The van der Waals surface area contributed by atoms with Crippen molar-refractivity contribution in [3.63, 3.8) is 0 Å². The van der Waals surface area contributed by atoms with E-state index in [1.165, 1.54) is 24.3 Å². The minimum atomic E-state index is -0.707. The number of rotatable bonds is 4. The molecule has 4 nitrogen and oxygen atoms in total. The molecule has 0 saturated heterocycles. The van der Waals surface area contributed by atoms with Gasteiger partial charge in [-0.3, -0.25) is 0 Å². The molecule has 0 aliphatic heterocycles. The number of azide groups is 1. The fraction of sp³-hybridized carbons (Fsp3) is 0.333. The van der Waals surface area contributed by atoms with Crippen LogP contribution in [0.15, 0.2) is 29.4 Å². The molecule has 0 bridgehead atoms. The fourth-order valence-electron chi connectivity index (χ4n) is 1.08. The van der Waals surface area contributed by atoms with Crippen molar-refractivity contribution in [2.45, 2.75) is 12.5 Å². The van der Waals surface area contributed by atoms with Crippen LogP contribution in [-0.4, -0.2) is 11.7 Å². The smallest absolute Gasteiger partial charge is 0.123 e. The molecule has 0 amide bonds. The van der Waals surface area contributed by atoms with Gasteiger partial charge in [0.05, 0.1) is 6.10 Å². The lowest BCUT2D eigenvalue weighted by Crippen LogP contribution is -1.98. The molecule has 1 atom stereocenters. The van der Waals surface area contributed by atoms with Gasteiger partial charge in [0.2, 0.25) is 0 Å². The van der Waals surface area contributed by atoms with Crippen molar-refractivity contribution in [1.82, 2.24) is 0 Å². The highest BCUT2D eigenvalue weighted by Gasteiger charge is 2.05. The van der Waals surface area contributed by atoms with Gasteiger partial charge in [-0.25, -0.2) is 4.39 Å². The second-order valence-corrected chi connectivity index (χ2v) is 2.81. The maximum Gasteiger partial charge on any atom is 0.123 e. The minimum absolute atomic E-state index is 0.231. The van der Waals surface area contributed by atoms with E-state index in [1.54, 1.807) is 0 Å².